The lowest BCUT2D eigenvalue weighted by Crippen LogP contribution is -2.48. The number of piperidine rings is 1. The van der Waals surface area contributed by atoms with Gasteiger partial charge < -0.3 is 25.2 Å². The molecule has 3 N–H and O–H groups in total. The maximum atomic E-state index is 12.5. The summed E-state index contributed by atoms with van der Waals surface area (Å²) < 4.78 is 5.55. The fourth-order valence-electron chi connectivity index (χ4n) is 3.97. The second-order valence-corrected chi connectivity index (χ2v) is 8.76. The van der Waals surface area contributed by atoms with Crippen molar-refractivity contribution in [2.24, 2.45) is 0 Å². The maximum Gasteiger partial charge on any atom is 0.407 e. The van der Waals surface area contributed by atoms with Crippen LogP contribution in [0.2, 0.25) is 10.0 Å². The topological polar surface area (TPSA) is 120 Å². The predicted octanol–water partition coefficient (Wildman–Crippen LogP) is 3.08. The minimum absolute atomic E-state index is 0.0698. The van der Waals surface area contributed by atoms with Gasteiger partial charge in [-0.1, -0.05) is 35.3 Å². The van der Waals surface area contributed by atoms with E-state index >= 15 is 0 Å². The Balaban J connectivity index is 1.20. The normalized spacial score (nSPS) is 18.8. The summed E-state index contributed by atoms with van der Waals surface area (Å²) in [4.78, 5) is 40.1. The van der Waals surface area contributed by atoms with Crippen LogP contribution in [-0.4, -0.2) is 65.5 Å². The number of hydrogen-bond donors (Lipinski definition) is 3. The van der Waals surface area contributed by atoms with E-state index in [1.165, 1.54) is 6.20 Å². The predicted molar refractivity (Wildman–Crippen MR) is 125 cm³/mol. The molecule has 33 heavy (non-hydrogen) atoms. The number of aromatic nitrogens is 2. The molecule has 2 aliphatic rings. The number of H-pyrrole nitrogens is 1. The van der Waals surface area contributed by atoms with E-state index in [4.69, 9.17) is 27.9 Å². The van der Waals surface area contributed by atoms with Gasteiger partial charge in [-0.3, -0.25) is 4.79 Å². The van der Waals surface area contributed by atoms with Crippen molar-refractivity contribution < 1.29 is 14.3 Å². The average Bonchev–Trinajstić information content (AvgIpc) is 3.25. The van der Waals surface area contributed by atoms with Gasteiger partial charge in [0.25, 0.3) is 5.56 Å². The number of rotatable bonds is 4. The van der Waals surface area contributed by atoms with Crippen LogP contribution >= 0.6 is 23.2 Å². The zero-order chi connectivity index (χ0) is 23.4. The molecule has 0 saturated carbocycles. The van der Waals surface area contributed by atoms with Crippen molar-refractivity contribution >= 4 is 46.7 Å². The van der Waals surface area contributed by atoms with E-state index in [1.54, 1.807) is 29.2 Å². The van der Waals surface area contributed by atoms with E-state index in [0.29, 0.717) is 61.8 Å². The molecule has 0 aliphatic carbocycles. The Morgan fingerprint density at radius 3 is 2.64 bits per heavy atom. The van der Waals surface area contributed by atoms with Gasteiger partial charge in [0.2, 0.25) is 0 Å². The number of carbonyl (C=O) groups excluding carboxylic acids is 2. The number of anilines is 2. The molecule has 3 amide bonds. The second-order valence-electron chi connectivity index (χ2n) is 7.98. The zero-order valence-electron chi connectivity index (χ0n) is 17.7. The van der Waals surface area contributed by atoms with Gasteiger partial charge >= 0.3 is 12.1 Å². The summed E-state index contributed by atoms with van der Waals surface area (Å²) in [6.07, 6.45) is 2.54. The first-order chi connectivity index (χ1) is 15.9. The van der Waals surface area contributed by atoms with E-state index in [2.05, 4.69) is 20.8 Å². The van der Waals surface area contributed by atoms with Gasteiger partial charge in [0.15, 0.2) is 0 Å². The van der Waals surface area contributed by atoms with Crippen molar-refractivity contribution in [2.45, 2.75) is 31.4 Å². The van der Waals surface area contributed by atoms with Crippen molar-refractivity contribution in [1.82, 2.24) is 20.4 Å². The molecule has 1 aromatic carbocycles. The number of benzene rings is 1. The third kappa shape index (κ3) is 5.69. The number of aromatic amines is 1. The Kier molecular flexibility index (Phi) is 7.24. The number of para-hydroxylation sites is 1. The van der Waals surface area contributed by atoms with Gasteiger partial charge in [0.1, 0.15) is 11.1 Å². The Morgan fingerprint density at radius 1 is 1.12 bits per heavy atom. The number of likely N-dealkylation sites (tertiary alicyclic amines) is 1. The molecule has 0 bridgehead atoms. The van der Waals surface area contributed by atoms with Crippen molar-refractivity contribution in [3.63, 3.8) is 0 Å². The minimum Gasteiger partial charge on any atom is -0.444 e. The van der Waals surface area contributed by atoms with Crippen molar-refractivity contribution in [3.8, 4) is 0 Å². The van der Waals surface area contributed by atoms with E-state index in [1.807, 2.05) is 4.90 Å². The summed E-state index contributed by atoms with van der Waals surface area (Å²) >= 11 is 12.2. The van der Waals surface area contributed by atoms with Gasteiger partial charge in [-0.05, 0) is 25.0 Å². The number of nitrogens with one attached hydrogen (secondary N) is 3. The summed E-state index contributed by atoms with van der Waals surface area (Å²) in [6.45, 7) is 2.04. The van der Waals surface area contributed by atoms with E-state index in [9.17, 15) is 14.4 Å². The van der Waals surface area contributed by atoms with E-state index in [0.717, 1.165) is 0 Å². The molecule has 1 atom stereocenters. The molecule has 4 rings (SSSR count). The Hall–Kier alpha value is -2.98. The molecule has 12 heteroatoms. The average molecular weight is 495 g/mol. The van der Waals surface area contributed by atoms with Crippen LogP contribution in [0.15, 0.2) is 35.3 Å². The van der Waals surface area contributed by atoms with Gasteiger partial charge in [0, 0.05) is 32.1 Å². The number of urea groups is 1. The molecule has 0 unspecified atom stereocenters. The summed E-state index contributed by atoms with van der Waals surface area (Å²) in [5, 5.41) is 12.3. The molecule has 2 saturated heterocycles. The molecular formula is C21H24Cl2N6O4. The van der Waals surface area contributed by atoms with Gasteiger partial charge in [-0.15, -0.1) is 0 Å². The number of hydrogen-bond acceptors (Lipinski definition) is 6. The first-order valence-electron chi connectivity index (χ1n) is 10.7. The highest BCUT2D eigenvalue weighted by Crippen LogP contribution is 2.26. The zero-order valence-corrected chi connectivity index (χ0v) is 19.2. The van der Waals surface area contributed by atoms with Crippen molar-refractivity contribution in [2.75, 3.05) is 36.4 Å². The molecule has 3 heterocycles. The first-order valence-corrected chi connectivity index (χ1v) is 11.4. The summed E-state index contributed by atoms with van der Waals surface area (Å²) in [7, 11) is 0. The first kappa shape index (κ1) is 23.2. The third-order valence-electron chi connectivity index (χ3n) is 5.76. The van der Waals surface area contributed by atoms with Crippen LogP contribution in [0.4, 0.5) is 21.0 Å². The molecular weight excluding hydrogens is 471 g/mol. The highest BCUT2D eigenvalue weighted by atomic mass is 35.5. The van der Waals surface area contributed by atoms with E-state index in [-0.39, 0.29) is 23.2 Å². The van der Waals surface area contributed by atoms with Crippen LogP contribution in [-0.2, 0) is 4.74 Å². The number of halogens is 2. The van der Waals surface area contributed by atoms with Crippen molar-refractivity contribution in [3.05, 3.63) is 50.9 Å². The Labute approximate surface area is 200 Å². The number of carbonyl (C=O) groups is 2. The van der Waals surface area contributed by atoms with E-state index < -0.39 is 11.7 Å². The molecule has 10 nitrogen and oxygen atoms in total. The molecule has 2 fully saturated rings. The van der Waals surface area contributed by atoms with Crippen LogP contribution in [0.25, 0.3) is 0 Å². The monoisotopic (exact) mass is 494 g/mol. The smallest absolute Gasteiger partial charge is 0.407 e. The lowest BCUT2D eigenvalue weighted by atomic mass is 10.1. The molecule has 1 aromatic heterocycles. The van der Waals surface area contributed by atoms with Crippen LogP contribution in [0, 0.1) is 0 Å². The van der Waals surface area contributed by atoms with Crippen LogP contribution in [0.1, 0.15) is 19.3 Å². The number of ether oxygens (including phenoxy) is 1. The van der Waals surface area contributed by atoms with Crippen molar-refractivity contribution in [1.29, 1.82) is 0 Å². The van der Waals surface area contributed by atoms with Gasteiger partial charge in [-0.25, -0.2) is 14.7 Å². The summed E-state index contributed by atoms with van der Waals surface area (Å²) in [6, 6.07) is 6.76. The van der Waals surface area contributed by atoms with Crippen LogP contribution in [0.5, 0.6) is 0 Å². The number of amides is 3. The van der Waals surface area contributed by atoms with Gasteiger partial charge in [-0.2, -0.15) is 5.10 Å². The summed E-state index contributed by atoms with van der Waals surface area (Å²) in [5.74, 6) is 0. The molecule has 2 aromatic rings. The standard InChI is InChI=1S/C21H24Cl2N6O4/c22-15-3-1-2-4-16(15)26-20(31)28-8-5-13(6-9-28)25-21(32)33-14-7-10-29(12-14)17-11-24-27-19(30)18(17)23/h1-4,11,13-14H,5-10,12H2,(H,25,32)(H,26,31)(H,27,30)/t14-/m1/s1. The minimum atomic E-state index is -0.490. The third-order valence-corrected chi connectivity index (χ3v) is 6.45. The van der Waals surface area contributed by atoms with Crippen LogP contribution in [0.3, 0.4) is 0 Å². The molecule has 0 spiro atoms. The fraction of sp³-hybridized carbons (Fsp3) is 0.429. The Bertz CT molecular complexity index is 1070. The lowest BCUT2D eigenvalue weighted by Gasteiger charge is -2.32. The van der Waals surface area contributed by atoms with Crippen LogP contribution < -0.4 is 21.1 Å². The number of alkyl carbamates (subject to hydrolysis) is 1. The van der Waals surface area contributed by atoms with Gasteiger partial charge in [0.05, 0.1) is 29.1 Å². The highest BCUT2D eigenvalue weighted by Gasteiger charge is 2.29. The fourth-order valence-corrected chi connectivity index (χ4v) is 4.37. The number of nitrogens with zero attached hydrogens (tertiary/aromatic N) is 3. The highest BCUT2D eigenvalue weighted by molar-refractivity contribution is 6.33. The maximum absolute atomic E-state index is 12.5. The Morgan fingerprint density at radius 2 is 1.88 bits per heavy atom. The molecule has 2 aliphatic heterocycles. The second kappa shape index (κ2) is 10.3. The largest absolute Gasteiger partial charge is 0.444 e. The molecule has 0 radical (unpaired) electrons. The summed E-state index contributed by atoms with van der Waals surface area (Å²) in [5.41, 5.74) is 0.633. The lowest BCUT2D eigenvalue weighted by molar-refractivity contribution is 0.101. The quantitative estimate of drug-likeness (QED) is 0.600. The molecule has 176 valence electrons. The SMILES string of the molecule is O=C(NC1CCN(C(=O)Nc2ccccc2Cl)CC1)O[C@@H]1CCN(c2cn[nH]c(=O)c2Cl)C1.